The monoisotopic (exact) mass is 411 g/mol. The molecule has 0 bridgehead atoms. The maximum atomic E-state index is 13.3. The van der Waals surface area contributed by atoms with E-state index in [0.717, 1.165) is 15.8 Å². The summed E-state index contributed by atoms with van der Waals surface area (Å²) < 4.78 is 17.5. The number of fused-ring (bicyclic) bond motifs is 1. The van der Waals surface area contributed by atoms with Gasteiger partial charge in [-0.3, -0.25) is 18.9 Å². The fourth-order valence-corrected chi connectivity index (χ4v) is 3.99. The van der Waals surface area contributed by atoms with Crippen LogP contribution in [0.4, 0.5) is 4.39 Å². The van der Waals surface area contributed by atoms with Gasteiger partial charge in [-0.1, -0.05) is 30.0 Å². The van der Waals surface area contributed by atoms with Gasteiger partial charge in [0, 0.05) is 26.0 Å². The summed E-state index contributed by atoms with van der Waals surface area (Å²) in [4.78, 5) is 34.1. The van der Waals surface area contributed by atoms with Crippen molar-refractivity contribution >= 4 is 22.9 Å². The van der Waals surface area contributed by atoms with E-state index in [1.807, 2.05) is 18.2 Å². The predicted molar refractivity (Wildman–Crippen MR) is 110 cm³/mol. The van der Waals surface area contributed by atoms with Crippen LogP contribution in [0.5, 0.6) is 0 Å². The van der Waals surface area contributed by atoms with E-state index in [1.165, 1.54) is 35.5 Å². The Bertz CT molecular complexity index is 1290. The second-order valence-corrected chi connectivity index (χ2v) is 7.54. The zero-order valence-electron chi connectivity index (χ0n) is 15.9. The maximum absolute atomic E-state index is 13.3. The van der Waals surface area contributed by atoms with Gasteiger partial charge in [-0.2, -0.15) is 0 Å². The van der Waals surface area contributed by atoms with Crippen LogP contribution in [0.25, 0.3) is 11.2 Å². The van der Waals surface area contributed by atoms with Crippen molar-refractivity contribution in [3.05, 3.63) is 86.6 Å². The van der Waals surface area contributed by atoms with Gasteiger partial charge >= 0.3 is 5.69 Å². The summed E-state index contributed by atoms with van der Waals surface area (Å²) in [7, 11) is 3.03. The molecule has 0 aliphatic rings. The van der Waals surface area contributed by atoms with Crippen molar-refractivity contribution in [2.45, 2.75) is 17.5 Å². The second-order valence-electron chi connectivity index (χ2n) is 6.59. The van der Waals surface area contributed by atoms with E-state index in [2.05, 4.69) is 9.97 Å². The average molecular weight is 411 g/mol. The number of pyridine rings is 1. The van der Waals surface area contributed by atoms with E-state index < -0.39 is 11.2 Å². The molecule has 0 amide bonds. The van der Waals surface area contributed by atoms with Gasteiger partial charge in [-0.15, -0.1) is 0 Å². The molecular weight excluding hydrogens is 393 g/mol. The number of benzene rings is 1. The van der Waals surface area contributed by atoms with Crippen LogP contribution in [-0.2, 0) is 26.4 Å². The van der Waals surface area contributed by atoms with Gasteiger partial charge < -0.3 is 4.57 Å². The number of aromatic nitrogens is 5. The molecule has 0 fully saturated rings. The first-order valence-corrected chi connectivity index (χ1v) is 9.87. The minimum atomic E-state index is -0.435. The summed E-state index contributed by atoms with van der Waals surface area (Å²) in [6, 6.07) is 11.8. The van der Waals surface area contributed by atoms with Gasteiger partial charge in [-0.05, 0) is 29.8 Å². The fraction of sp³-hybridized carbons (Fsp3) is 0.200. The van der Waals surface area contributed by atoms with Gasteiger partial charge in [0.05, 0.1) is 12.2 Å². The normalized spacial score (nSPS) is 11.3. The smallest absolute Gasteiger partial charge is 0.309 e. The summed E-state index contributed by atoms with van der Waals surface area (Å²) in [6.07, 6.45) is 1.72. The van der Waals surface area contributed by atoms with Gasteiger partial charge in [0.1, 0.15) is 5.82 Å². The molecule has 0 saturated heterocycles. The third-order valence-electron chi connectivity index (χ3n) is 4.64. The lowest BCUT2D eigenvalue weighted by molar-refractivity contribution is 0.625. The average Bonchev–Trinajstić information content (AvgIpc) is 3.10. The van der Waals surface area contributed by atoms with Crippen molar-refractivity contribution in [1.82, 2.24) is 23.7 Å². The lowest BCUT2D eigenvalue weighted by Gasteiger charge is -2.09. The molecule has 1 aromatic carbocycles. The zero-order chi connectivity index (χ0) is 20.5. The summed E-state index contributed by atoms with van der Waals surface area (Å²) in [5, 5.41) is 0.591. The number of imidazole rings is 1. The largest absolute Gasteiger partial charge is 0.332 e. The van der Waals surface area contributed by atoms with Crippen molar-refractivity contribution in [3.63, 3.8) is 0 Å². The molecule has 0 spiro atoms. The van der Waals surface area contributed by atoms with Crippen LogP contribution in [0.2, 0.25) is 0 Å². The molecule has 0 aliphatic carbocycles. The molecule has 0 unspecified atom stereocenters. The molecule has 4 rings (SSSR count). The molecule has 148 valence electrons. The van der Waals surface area contributed by atoms with Crippen LogP contribution in [0, 0.1) is 5.82 Å². The summed E-state index contributed by atoms with van der Waals surface area (Å²) in [5.74, 6) is 0.231. The Morgan fingerprint density at radius 1 is 1.03 bits per heavy atom. The number of thioether (sulfide) groups is 1. The molecule has 29 heavy (non-hydrogen) atoms. The van der Waals surface area contributed by atoms with E-state index in [-0.39, 0.29) is 5.82 Å². The predicted octanol–water partition coefficient (Wildman–Crippen LogP) is 2.31. The first-order chi connectivity index (χ1) is 14.0. The van der Waals surface area contributed by atoms with Crippen LogP contribution in [0.15, 0.2) is 63.4 Å². The third-order valence-corrected chi connectivity index (χ3v) is 5.65. The molecule has 3 aromatic heterocycles. The minimum absolute atomic E-state index is 0.323. The van der Waals surface area contributed by atoms with E-state index >= 15 is 0 Å². The Morgan fingerprint density at radius 3 is 2.48 bits per heavy atom. The lowest BCUT2D eigenvalue weighted by atomic mass is 10.2. The maximum Gasteiger partial charge on any atom is 0.332 e. The fourth-order valence-electron chi connectivity index (χ4n) is 3.08. The highest BCUT2D eigenvalue weighted by Crippen LogP contribution is 2.25. The molecule has 7 nitrogen and oxygen atoms in total. The topological polar surface area (TPSA) is 74.7 Å². The van der Waals surface area contributed by atoms with E-state index in [4.69, 9.17) is 0 Å². The number of nitrogens with zero attached hydrogens (tertiary/aromatic N) is 5. The Balaban J connectivity index is 1.85. The van der Waals surface area contributed by atoms with Crippen molar-refractivity contribution < 1.29 is 4.39 Å². The standard InChI is InChI=1S/C20H18FN5O2S/c1-24-17-16(18(27)25(2)20(24)28)26(11-13-6-8-14(21)9-7-13)19(23-17)29-12-15-5-3-4-10-22-15/h3-10H,11-12H2,1-2H3. The highest BCUT2D eigenvalue weighted by molar-refractivity contribution is 7.98. The summed E-state index contributed by atoms with van der Waals surface area (Å²) in [5.41, 5.74) is 1.50. The Hall–Kier alpha value is -3.20. The molecular formula is C20H18FN5O2S. The molecule has 4 aromatic rings. The van der Waals surface area contributed by atoms with Crippen molar-refractivity contribution in [1.29, 1.82) is 0 Å². The number of hydrogen-bond acceptors (Lipinski definition) is 5. The zero-order valence-corrected chi connectivity index (χ0v) is 16.7. The number of aryl methyl sites for hydroxylation is 1. The molecule has 0 aliphatic heterocycles. The van der Waals surface area contributed by atoms with Gasteiger partial charge in [-0.25, -0.2) is 14.2 Å². The Morgan fingerprint density at radius 2 is 1.79 bits per heavy atom. The van der Waals surface area contributed by atoms with Crippen LogP contribution in [0.1, 0.15) is 11.3 Å². The van der Waals surface area contributed by atoms with Crippen LogP contribution in [0.3, 0.4) is 0 Å². The first kappa shape index (κ1) is 19.1. The number of halogens is 1. The Labute approximate surface area is 169 Å². The summed E-state index contributed by atoms with van der Waals surface area (Å²) >= 11 is 1.43. The highest BCUT2D eigenvalue weighted by atomic mass is 32.2. The Kier molecular flexibility index (Phi) is 5.06. The second kappa shape index (κ2) is 7.67. The SMILES string of the molecule is Cn1c(=O)c2c(nc(SCc3ccccn3)n2Cc2ccc(F)cc2)n(C)c1=O. The van der Waals surface area contributed by atoms with E-state index in [1.54, 1.807) is 29.9 Å². The van der Waals surface area contributed by atoms with Crippen LogP contribution < -0.4 is 11.2 Å². The van der Waals surface area contributed by atoms with E-state index in [0.29, 0.717) is 28.6 Å². The van der Waals surface area contributed by atoms with Gasteiger partial charge in [0.25, 0.3) is 5.56 Å². The van der Waals surface area contributed by atoms with Crippen LogP contribution in [-0.4, -0.2) is 23.7 Å². The highest BCUT2D eigenvalue weighted by Gasteiger charge is 2.19. The van der Waals surface area contributed by atoms with Gasteiger partial charge in [0.2, 0.25) is 0 Å². The van der Waals surface area contributed by atoms with Crippen molar-refractivity contribution in [2.24, 2.45) is 14.1 Å². The molecule has 0 saturated carbocycles. The number of rotatable bonds is 5. The van der Waals surface area contributed by atoms with Crippen molar-refractivity contribution in [3.8, 4) is 0 Å². The van der Waals surface area contributed by atoms with Gasteiger partial charge in [0.15, 0.2) is 16.3 Å². The summed E-state index contributed by atoms with van der Waals surface area (Å²) in [6.45, 7) is 0.328. The molecule has 0 radical (unpaired) electrons. The van der Waals surface area contributed by atoms with Crippen molar-refractivity contribution in [2.75, 3.05) is 0 Å². The number of hydrogen-bond donors (Lipinski definition) is 0. The first-order valence-electron chi connectivity index (χ1n) is 8.89. The van der Waals surface area contributed by atoms with E-state index in [9.17, 15) is 14.0 Å². The molecule has 9 heteroatoms. The third kappa shape index (κ3) is 3.61. The quantitative estimate of drug-likeness (QED) is 0.471. The molecule has 0 atom stereocenters. The molecule has 3 heterocycles. The lowest BCUT2D eigenvalue weighted by Crippen LogP contribution is -2.37. The minimum Gasteiger partial charge on any atom is -0.309 e. The van der Waals surface area contributed by atoms with Crippen LogP contribution >= 0.6 is 11.8 Å². The molecule has 0 N–H and O–H groups in total.